The summed E-state index contributed by atoms with van der Waals surface area (Å²) in [6, 6.07) is 0. The number of unbranched alkanes of at least 4 members (excludes halogenated alkanes) is 18. The molecule has 0 spiro atoms. The van der Waals surface area contributed by atoms with Gasteiger partial charge in [0.1, 0.15) is 13.2 Å². The van der Waals surface area contributed by atoms with Gasteiger partial charge in [-0.25, -0.2) is 0 Å². The molecule has 0 fully saturated rings. The van der Waals surface area contributed by atoms with Crippen molar-refractivity contribution in [3.63, 3.8) is 0 Å². The zero-order valence-corrected chi connectivity index (χ0v) is 34.2. The SMILES string of the molecule is CCC(C)CCCCCCCCCCC(=O)OC[C@H](COC(=O)CCCCCCCCCC(C)C)OC(=O)CCCCCCCCC(C)CC. The maximum atomic E-state index is 12.7. The van der Waals surface area contributed by atoms with Gasteiger partial charge in [0.15, 0.2) is 6.10 Å². The summed E-state index contributed by atoms with van der Waals surface area (Å²) in [7, 11) is 0. The fourth-order valence-corrected chi connectivity index (χ4v) is 6.28. The van der Waals surface area contributed by atoms with Crippen LogP contribution in [0.1, 0.15) is 228 Å². The molecule has 296 valence electrons. The van der Waals surface area contributed by atoms with Gasteiger partial charge in [-0.05, 0) is 37.0 Å². The van der Waals surface area contributed by atoms with E-state index in [0.29, 0.717) is 19.3 Å². The molecule has 0 N–H and O–H groups in total. The molecule has 6 nitrogen and oxygen atoms in total. The van der Waals surface area contributed by atoms with Gasteiger partial charge in [-0.15, -0.1) is 0 Å². The molecule has 3 atom stereocenters. The van der Waals surface area contributed by atoms with E-state index < -0.39 is 6.10 Å². The zero-order chi connectivity index (χ0) is 37.1. The van der Waals surface area contributed by atoms with Crippen LogP contribution in [0.15, 0.2) is 0 Å². The first-order chi connectivity index (χ1) is 24.2. The Labute approximate surface area is 310 Å². The minimum atomic E-state index is -0.762. The molecule has 0 rings (SSSR count). The molecule has 0 aliphatic heterocycles. The lowest BCUT2D eigenvalue weighted by Crippen LogP contribution is -2.30. The van der Waals surface area contributed by atoms with Crippen LogP contribution in [0.25, 0.3) is 0 Å². The summed E-state index contributed by atoms with van der Waals surface area (Å²) in [6.07, 6.45) is 30.9. The van der Waals surface area contributed by atoms with Crippen molar-refractivity contribution in [3.8, 4) is 0 Å². The Morgan fingerprint density at radius 1 is 0.400 bits per heavy atom. The predicted molar refractivity (Wildman–Crippen MR) is 210 cm³/mol. The second-order valence-corrected chi connectivity index (χ2v) is 15.9. The van der Waals surface area contributed by atoms with E-state index in [0.717, 1.165) is 75.5 Å². The first kappa shape index (κ1) is 48.4. The molecule has 0 aromatic carbocycles. The molecule has 0 radical (unpaired) electrons. The van der Waals surface area contributed by atoms with Gasteiger partial charge in [0.05, 0.1) is 0 Å². The van der Waals surface area contributed by atoms with Crippen LogP contribution in [0.3, 0.4) is 0 Å². The largest absolute Gasteiger partial charge is 0.462 e. The minimum absolute atomic E-state index is 0.0680. The van der Waals surface area contributed by atoms with E-state index in [1.165, 1.54) is 109 Å². The van der Waals surface area contributed by atoms with Gasteiger partial charge in [0.2, 0.25) is 0 Å². The van der Waals surface area contributed by atoms with Crippen molar-refractivity contribution in [1.82, 2.24) is 0 Å². The second kappa shape index (κ2) is 35.8. The third-order valence-electron chi connectivity index (χ3n) is 10.4. The maximum absolute atomic E-state index is 12.7. The third-order valence-corrected chi connectivity index (χ3v) is 10.4. The summed E-state index contributed by atoms with van der Waals surface area (Å²) in [5, 5.41) is 0. The molecule has 0 bridgehead atoms. The van der Waals surface area contributed by atoms with Gasteiger partial charge in [-0.3, -0.25) is 14.4 Å². The fourth-order valence-electron chi connectivity index (χ4n) is 6.28. The van der Waals surface area contributed by atoms with Crippen molar-refractivity contribution in [2.24, 2.45) is 17.8 Å². The number of hydrogen-bond donors (Lipinski definition) is 0. The predicted octanol–water partition coefficient (Wildman–Crippen LogP) is 13.3. The Morgan fingerprint density at radius 2 is 0.700 bits per heavy atom. The maximum Gasteiger partial charge on any atom is 0.306 e. The fraction of sp³-hybridized carbons (Fsp3) is 0.932. The van der Waals surface area contributed by atoms with Gasteiger partial charge in [-0.2, -0.15) is 0 Å². The zero-order valence-electron chi connectivity index (χ0n) is 34.2. The highest BCUT2D eigenvalue weighted by Crippen LogP contribution is 2.17. The van der Waals surface area contributed by atoms with Crippen molar-refractivity contribution in [2.75, 3.05) is 13.2 Å². The van der Waals surface area contributed by atoms with Crippen LogP contribution < -0.4 is 0 Å². The molecule has 50 heavy (non-hydrogen) atoms. The summed E-state index contributed by atoms with van der Waals surface area (Å²) < 4.78 is 16.7. The molecule has 0 aromatic rings. The van der Waals surface area contributed by atoms with Gasteiger partial charge >= 0.3 is 17.9 Å². The van der Waals surface area contributed by atoms with E-state index in [1.54, 1.807) is 0 Å². The number of carbonyl (C=O) groups is 3. The monoisotopic (exact) mass is 709 g/mol. The van der Waals surface area contributed by atoms with E-state index in [9.17, 15) is 14.4 Å². The average molecular weight is 709 g/mol. The molecule has 0 heterocycles. The van der Waals surface area contributed by atoms with Gasteiger partial charge < -0.3 is 14.2 Å². The Kier molecular flexibility index (Phi) is 34.7. The highest BCUT2D eigenvalue weighted by Gasteiger charge is 2.19. The van der Waals surface area contributed by atoms with Crippen LogP contribution in [0.4, 0.5) is 0 Å². The quantitative estimate of drug-likeness (QED) is 0.0363. The first-order valence-corrected chi connectivity index (χ1v) is 21.7. The second-order valence-electron chi connectivity index (χ2n) is 15.9. The Morgan fingerprint density at radius 3 is 1.04 bits per heavy atom. The highest BCUT2D eigenvalue weighted by atomic mass is 16.6. The Balaban J connectivity index is 4.37. The summed E-state index contributed by atoms with van der Waals surface area (Å²) in [6.45, 7) is 13.6. The van der Waals surface area contributed by atoms with Crippen LogP contribution >= 0.6 is 0 Å². The van der Waals surface area contributed by atoms with Crippen molar-refractivity contribution in [3.05, 3.63) is 0 Å². The van der Waals surface area contributed by atoms with Crippen molar-refractivity contribution < 1.29 is 28.6 Å². The Hall–Kier alpha value is -1.59. The Bertz CT molecular complexity index is 780. The molecule has 0 saturated heterocycles. The average Bonchev–Trinajstić information content (AvgIpc) is 3.09. The lowest BCUT2D eigenvalue weighted by Gasteiger charge is -2.18. The van der Waals surface area contributed by atoms with Gasteiger partial charge in [0.25, 0.3) is 0 Å². The van der Waals surface area contributed by atoms with Crippen LogP contribution in [0.5, 0.6) is 0 Å². The van der Waals surface area contributed by atoms with E-state index >= 15 is 0 Å². The number of hydrogen-bond acceptors (Lipinski definition) is 6. The van der Waals surface area contributed by atoms with E-state index in [2.05, 4.69) is 41.5 Å². The van der Waals surface area contributed by atoms with Crippen LogP contribution in [-0.2, 0) is 28.6 Å². The molecule has 2 unspecified atom stereocenters. The summed E-state index contributed by atoms with van der Waals surface area (Å²) in [5.74, 6) is 1.57. The van der Waals surface area contributed by atoms with E-state index in [-0.39, 0.29) is 31.1 Å². The number of rotatable bonds is 37. The molecule has 0 saturated carbocycles. The number of esters is 3. The van der Waals surface area contributed by atoms with Crippen molar-refractivity contribution in [1.29, 1.82) is 0 Å². The van der Waals surface area contributed by atoms with Gasteiger partial charge in [-0.1, -0.05) is 189 Å². The van der Waals surface area contributed by atoms with Crippen LogP contribution in [0.2, 0.25) is 0 Å². The first-order valence-electron chi connectivity index (χ1n) is 21.7. The smallest absolute Gasteiger partial charge is 0.306 e. The van der Waals surface area contributed by atoms with Crippen LogP contribution in [-0.4, -0.2) is 37.2 Å². The van der Waals surface area contributed by atoms with Gasteiger partial charge in [0, 0.05) is 19.3 Å². The minimum Gasteiger partial charge on any atom is -0.462 e. The highest BCUT2D eigenvalue weighted by molar-refractivity contribution is 5.71. The lowest BCUT2D eigenvalue weighted by atomic mass is 9.99. The van der Waals surface area contributed by atoms with E-state index in [4.69, 9.17) is 14.2 Å². The standard InChI is InChI=1S/C44H84O6/c1-7-39(5)31-25-19-13-9-10-14-21-27-33-42(45)48-36-41(50-44(47)35-29-23-17-16-20-26-32-40(6)8-2)37-49-43(46)34-28-22-15-11-12-18-24-30-38(3)4/h38-41H,7-37H2,1-6H3/t39?,40?,41-/m1/s1. The van der Waals surface area contributed by atoms with Crippen molar-refractivity contribution in [2.45, 2.75) is 234 Å². The molecular weight excluding hydrogens is 624 g/mol. The normalized spacial score (nSPS) is 13.3. The molecule has 6 heteroatoms. The molecule has 0 aliphatic rings. The number of carbonyl (C=O) groups excluding carboxylic acids is 3. The summed E-state index contributed by atoms with van der Waals surface area (Å²) in [4.78, 5) is 37.6. The third kappa shape index (κ3) is 34.8. The summed E-state index contributed by atoms with van der Waals surface area (Å²) >= 11 is 0. The molecule has 0 aliphatic carbocycles. The molecule has 0 aromatic heterocycles. The summed E-state index contributed by atoms with van der Waals surface area (Å²) in [5.41, 5.74) is 0. The van der Waals surface area contributed by atoms with Crippen molar-refractivity contribution >= 4 is 17.9 Å². The molecule has 0 amide bonds. The molecular formula is C44H84O6. The van der Waals surface area contributed by atoms with Crippen LogP contribution in [0, 0.1) is 17.8 Å². The lowest BCUT2D eigenvalue weighted by molar-refractivity contribution is -0.167. The topological polar surface area (TPSA) is 78.9 Å². The number of ether oxygens (including phenoxy) is 3. The van der Waals surface area contributed by atoms with E-state index in [1.807, 2.05) is 0 Å².